The summed E-state index contributed by atoms with van der Waals surface area (Å²) < 4.78 is 1.58. The fourth-order valence-electron chi connectivity index (χ4n) is 3.57. The molecule has 3 rings (SSSR count). The fourth-order valence-corrected chi connectivity index (χ4v) is 3.57. The number of nitro benzene ring substituents is 1. The first kappa shape index (κ1) is 19.0. The van der Waals surface area contributed by atoms with Gasteiger partial charge in [-0.15, -0.1) is 0 Å². The first-order valence-corrected chi connectivity index (χ1v) is 9.04. The number of nitrogens with one attached hydrogen (secondary N) is 1. The zero-order valence-electron chi connectivity index (χ0n) is 15.5. The zero-order valence-corrected chi connectivity index (χ0v) is 15.5. The van der Waals surface area contributed by atoms with Crippen molar-refractivity contribution in [3.05, 3.63) is 52.1 Å². The number of ketones is 1. The molecule has 1 aliphatic carbocycles. The molecule has 2 unspecified atom stereocenters. The van der Waals surface area contributed by atoms with Crippen LogP contribution in [0.5, 0.6) is 0 Å². The molecule has 8 heteroatoms. The number of nitro groups is 1. The van der Waals surface area contributed by atoms with Crippen LogP contribution in [0, 0.1) is 15.5 Å². The van der Waals surface area contributed by atoms with E-state index in [2.05, 4.69) is 10.3 Å². The molecule has 8 nitrogen and oxygen atoms in total. The number of benzene rings is 1. The lowest BCUT2D eigenvalue weighted by molar-refractivity contribution is -0.384. The summed E-state index contributed by atoms with van der Waals surface area (Å²) >= 11 is 0. The number of aromatic nitrogens is 2. The Morgan fingerprint density at radius 2 is 2.26 bits per heavy atom. The Kier molecular flexibility index (Phi) is 5.27. The summed E-state index contributed by atoms with van der Waals surface area (Å²) in [7, 11) is 1.70. The minimum absolute atomic E-state index is 0.163. The molecule has 144 valence electrons. The summed E-state index contributed by atoms with van der Waals surface area (Å²) in [6.45, 7) is 2.43. The van der Waals surface area contributed by atoms with Gasteiger partial charge in [0, 0.05) is 43.0 Å². The number of carbonyl (C=O) groups is 1. The van der Waals surface area contributed by atoms with Gasteiger partial charge in [0.25, 0.3) is 5.69 Å². The number of rotatable bonds is 6. The Morgan fingerprint density at radius 1 is 1.48 bits per heavy atom. The minimum Gasteiger partial charge on any atom is -0.392 e. The van der Waals surface area contributed by atoms with Crippen molar-refractivity contribution < 1.29 is 14.8 Å². The van der Waals surface area contributed by atoms with Crippen molar-refractivity contribution in [1.82, 2.24) is 9.55 Å². The van der Waals surface area contributed by atoms with E-state index in [1.165, 1.54) is 12.3 Å². The molecule has 2 aromatic rings. The highest BCUT2D eigenvalue weighted by molar-refractivity contribution is 6.07. The van der Waals surface area contributed by atoms with Gasteiger partial charge in [-0.1, -0.05) is 19.8 Å². The van der Waals surface area contributed by atoms with Crippen LogP contribution in [0.25, 0.3) is 0 Å². The second-order valence-corrected chi connectivity index (χ2v) is 7.45. The first-order chi connectivity index (χ1) is 12.8. The van der Waals surface area contributed by atoms with Crippen molar-refractivity contribution in [2.45, 2.75) is 38.7 Å². The van der Waals surface area contributed by atoms with Gasteiger partial charge in [0.2, 0.25) is 5.78 Å². The quantitative estimate of drug-likeness (QED) is 0.458. The smallest absolute Gasteiger partial charge is 0.293 e. The van der Waals surface area contributed by atoms with E-state index in [-0.39, 0.29) is 28.3 Å². The van der Waals surface area contributed by atoms with Crippen LogP contribution >= 0.6 is 0 Å². The van der Waals surface area contributed by atoms with Gasteiger partial charge in [-0.2, -0.15) is 0 Å². The predicted molar refractivity (Wildman–Crippen MR) is 101 cm³/mol. The number of aryl methyl sites for hydroxylation is 1. The average Bonchev–Trinajstić information content (AvgIpc) is 3.08. The molecule has 1 aromatic carbocycles. The van der Waals surface area contributed by atoms with E-state index < -0.39 is 11.0 Å². The Bertz CT molecular complexity index is 863. The van der Waals surface area contributed by atoms with Gasteiger partial charge in [0.15, 0.2) is 5.82 Å². The van der Waals surface area contributed by atoms with Gasteiger partial charge in [-0.3, -0.25) is 14.9 Å². The highest BCUT2D eigenvalue weighted by Crippen LogP contribution is 2.37. The van der Waals surface area contributed by atoms with Gasteiger partial charge in [-0.05, 0) is 25.0 Å². The third kappa shape index (κ3) is 3.85. The van der Waals surface area contributed by atoms with Gasteiger partial charge in [0.05, 0.1) is 11.0 Å². The van der Waals surface area contributed by atoms with Crippen molar-refractivity contribution >= 4 is 17.2 Å². The molecule has 1 aromatic heterocycles. The Labute approximate surface area is 157 Å². The van der Waals surface area contributed by atoms with E-state index in [0.29, 0.717) is 12.2 Å². The number of aliphatic hydroxyl groups excluding tert-OH is 1. The third-order valence-corrected chi connectivity index (χ3v) is 5.44. The lowest BCUT2D eigenvalue weighted by atomic mass is 9.73. The van der Waals surface area contributed by atoms with Gasteiger partial charge < -0.3 is 15.0 Å². The molecule has 0 saturated heterocycles. The van der Waals surface area contributed by atoms with Crippen LogP contribution in [0.15, 0.2) is 30.6 Å². The SMILES string of the molecule is Cn1ccnc1C(=O)c1ccc(NCC2(C)CCCCC2O)c([N+](=O)[O-])c1. The first-order valence-electron chi connectivity index (χ1n) is 9.04. The summed E-state index contributed by atoms with van der Waals surface area (Å²) in [5, 5.41) is 24.9. The molecule has 2 atom stereocenters. The van der Waals surface area contributed by atoms with Crippen molar-refractivity contribution in [2.24, 2.45) is 12.5 Å². The topological polar surface area (TPSA) is 110 Å². The minimum atomic E-state index is -0.503. The Morgan fingerprint density at radius 3 is 2.89 bits per heavy atom. The normalized spacial score (nSPS) is 22.4. The van der Waals surface area contributed by atoms with Crippen molar-refractivity contribution in [1.29, 1.82) is 0 Å². The van der Waals surface area contributed by atoms with Crippen LogP contribution in [-0.2, 0) is 7.05 Å². The summed E-state index contributed by atoms with van der Waals surface area (Å²) in [6.07, 6.45) is 6.38. The lowest BCUT2D eigenvalue weighted by Crippen LogP contribution is -2.41. The standard InChI is InChI=1S/C19H24N4O4/c1-19(8-4-3-5-16(19)24)12-21-14-7-6-13(11-15(14)23(26)27)17(25)18-20-9-10-22(18)2/h6-7,9-11,16,21,24H,3-5,8,12H2,1-2H3. The number of hydrogen-bond acceptors (Lipinski definition) is 6. The average molecular weight is 372 g/mol. The molecule has 2 N–H and O–H groups in total. The van der Waals surface area contributed by atoms with Gasteiger partial charge in [-0.25, -0.2) is 4.98 Å². The number of aliphatic hydroxyl groups is 1. The number of imidazole rings is 1. The van der Waals surface area contributed by atoms with Crippen LogP contribution in [0.4, 0.5) is 11.4 Å². The van der Waals surface area contributed by atoms with Crippen LogP contribution in [0.3, 0.4) is 0 Å². The van der Waals surface area contributed by atoms with E-state index in [9.17, 15) is 20.0 Å². The monoisotopic (exact) mass is 372 g/mol. The third-order valence-electron chi connectivity index (χ3n) is 5.44. The second-order valence-electron chi connectivity index (χ2n) is 7.45. The molecule has 0 amide bonds. The maximum absolute atomic E-state index is 12.6. The van der Waals surface area contributed by atoms with Crippen molar-refractivity contribution in [2.75, 3.05) is 11.9 Å². The number of hydrogen-bond donors (Lipinski definition) is 2. The molecule has 0 radical (unpaired) electrons. The highest BCUT2D eigenvalue weighted by Gasteiger charge is 2.35. The molecule has 1 heterocycles. The van der Waals surface area contributed by atoms with E-state index in [0.717, 1.165) is 25.7 Å². The second kappa shape index (κ2) is 7.48. The highest BCUT2D eigenvalue weighted by atomic mass is 16.6. The van der Waals surface area contributed by atoms with E-state index in [1.807, 2.05) is 6.92 Å². The molecule has 1 saturated carbocycles. The number of nitrogens with zero attached hydrogens (tertiary/aromatic N) is 3. The van der Waals surface area contributed by atoms with Crippen LogP contribution in [-0.4, -0.2) is 38.0 Å². The zero-order chi connectivity index (χ0) is 19.6. The summed E-state index contributed by atoms with van der Waals surface area (Å²) in [5.41, 5.74) is 0.0675. The summed E-state index contributed by atoms with van der Waals surface area (Å²) in [4.78, 5) is 27.6. The van der Waals surface area contributed by atoms with Crippen LogP contribution < -0.4 is 5.32 Å². The maximum Gasteiger partial charge on any atom is 0.293 e. The van der Waals surface area contributed by atoms with Crippen molar-refractivity contribution in [3.8, 4) is 0 Å². The Hall–Kier alpha value is -2.74. The summed E-state index contributed by atoms with van der Waals surface area (Å²) in [6, 6.07) is 4.39. The van der Waals surface area contributed by atoms with Crippen LogP contribution in [0.1, 0.15) is 48.8 Å². The molecular weight excluding hydrogens is 348 g/mol. The molecule has 27 heavy (non-hydrogen) atoms. The van der Waals surface area contributed by atoms with Crippen LogP contribution in [0.2, 0.25) is 0 Å². The molecule has 0 bridgehead atoms. The molecular formula is C19H24N4O4. The lowest BCUT2D eigenvalue weighted by Gasteiger charge is -2.38. The number of anilines is 1. The van der Waals surface area contributed by atoms with Gasteiger partial charge in [0.1, 0.15) is 5.69 Å². The molecule has 1 aliphatic rings. The van der Waals surface area contributed by atoms with E-state index >= 15 is 0 Å². The van der Waals surface area contributed by atoms with Gasteiger partial charge >= 0.3 is 0 Å². The molecule has 1 fully saturated rings. The van der Waals surface area contributed by atoms with Crippen molar-refractivity contribution in [3.63, 3.8) is 0 Å². The molecule has 0 aliphatic heterocycles. The molecule has 0 spiro atoms. The Balaban J connectivity index is 1.83. The van der Waals surface area contributed by atoms with E-state index in [4.69, 9.17) is 0 Å². The van der Waals surface area contributed by atoms with E-state index in [1.54, 1.807) is 29.9 Å². The summed E-state index contributed by atoms with van der Waals surface area (Å²) in [5.74, 6) is -0.144. The fraction of sp³-hybridized carbons (Fsp3) is 0.474. The maximum atomic E-state index is 12.6. The predicted octanol–water partition coefficient (Wildman–Crippen LogP) is 2.91. The number of carbonyl (C=O) groups excluding carboxylic acids is 1. The largest absolute Gasteiger partial charge is 0.392 e.